The molecule has 0 aromatic rings. The number of ether oxygens (including phenoxy) is 2. The Morgan fingerprint density at radius 2 is 1.06 bits per heavy atom. The Hall–Kier alpha value is -0.160. The highest BCUT2D eigenvalue weighted by Gasteiger charge is 2.29. The molecule has 1 aliphatic rings. The summed E-state index contributed by atoms with van der Waals surface area (Å²) in [6, 6.07) is 0. The fourth-order valence-corrected chi connectivity index (χ4v) is 4.90. The average Bonchev–Trinajstić information content (AvgIpc) is 2.82. The quantitative estimate of drug-likeness (QED) is 0.149. The van der Waals surface area contributed by atoms with Gasteiger partial charge < -0.3 is 19.7 Å². The van der Waals surface area contributed by atoms with Gasteiger partial charge in [0.25, 0.3) is 0 Å². The highest BCUT2D eigenvalue weighted by atomic mass is 16.7. The van der Waals surface area contributed by atoms with Crippen molar-refractivity contribution in [3.8, 4) is 0 Å². The van der Waals surface area contributed by atoms with Gasteiger partial charge in [0, 0.05) is 6.42 Å². The normalized spacial score (nSPS) is 22.0. The maximum absolute atomic E-state index is 9.89. The summed E-state index contributed by atoms with van der Waals surface area (Å²) < 4.78 is 11.6. The van der Waals surface area contributed by atoms with Gasteiger partial charge in [-0.3, -0.25) is 0 Å². The molecule has 0 aliphatic carbocycles. The Bertz CT molecular complexity index is 403. The van der Waals surface area contributed by atoms with Crippen LogP contribution in [-0.4, -0.2) is 41.9 Å². The molecule has 0 radical (unpaired) electrons. The Balaban J connectivity index is 2.18. The van der Waals surface area contributed by atoms with Crippen LogP contribution in [-0.2, 0) is 9.47 Å². The zero-order valence-electron chi connectivity index (χ0n) is 22.3. The van der Waals surface area contributed by atoms with Gasteiger partial charge in [0.05, 0.1) is 19.3 Å². The molecule has 0 spiro atoms. The Morgan fingerprint density at radius 1 is 0.636 bits per heavy atom. The standard InChI is InChI=1S/C29H58O4/c1-3-5-7-9-11-13-14-16-18-20-22-26(21-19-17-15-12-10-8-6-4-2)24-32-29-23-27(30)28(31)25-33-29/h26-31H,3-25H2,1-2H3. The summed E-state index contributed by atoms with van der Waals surface area (Å²) >= 11 is 0. The van der Waals surface area contributed by atoms with Gasteiger partial charge in [0.2, 0.25) is 0 Å². The summed E-state index contributed by atoms with van der Waals surface area (Å²) in [7, 11) is 0. The van der Waals surface area contributed by atoms with Gasteiger partial charge in [0.15, 0.2) is 6.29 Å². The largest absolute Gasteiger partial charge is 0.390 e. The van der Waals surface area contributed by atoms with Crippen molar-refractivity contribution < 1.29 is 19.7 Å². The minimum absolute atomic E-state index is 0.174. The number of unbranched alkanes of at least 4 members (excludes halogenated alkanes) is 16. The SMILES string of the molecule is CCCCCCCCCCCCC(CCCCCCCCCC)COC1CC(O)C(O)CO1. The molecule has 4 heteroatoms. The molecule has 0 aromatic carbocycles. The maximum Gasteiger partial charge on any atom is 0.160 e. The van der Waals surface area contributed by atoms with Gasteiger partial charge in [-0.05, 0) is 18.8 Å². The van der Waals surface area contributed by atoms with Gasteiger partial charge in [-0.2, -0.15) is 0 Å². The molecule has 1 heterocycles. The van der Waals surface area contributed by atoms with Crippen LogP contribution in [0.5, 0.6) is 0 Å². The highest BCUT2D eigenvalue weighted by Crippen LogP contribution is 2.23. The smallest absolute Gasteiger partial charge is 0.160 e. The molecule has 33 heavy (non-hydrogen) atoms. The van der Waals surface area contributed by atoms with Crippen molar-refractivity contribution in [1.29, 1.82) is 0 Å². The topological polar surface area (TPSA) is 58.9 Å². The van der Waals surface area contributed by atoms with Gasteiger partial charge >= 0.3 is 0 Å². The first kappa shape index (κ1) is 30.9. The van der Waals surface area contributed by atoms with E-state index in [-0.39, 0.29) is 12.9 Å². The molecular weight excluding hydrogens is 412 g/mol. The van der Waals surface area contributed by atoms with E-state index in [1.165, 1.54) is 128 Å². The zero-order valence-corrected chi connectivity index (χ0v) is 22.3. The first-order chi connectivity index (χ1) is 16.2. The molecule has 2 N–H and O–H groups in total. The van der Waals surface area contributed by atoms with E-state index < -0.39 is 12.2 Å². The molecule has 1 rings (SSSR count). The predicted octanol–water partition coefficient (Wildman–Crippen LogP) is 7.93. The molecule has 4 atom stereocenters. The number of rotatable bonds is 23. The number of hydrogen-bond acceptors (Lipinski definition) is 4. The number of aliphatic hydroxyl groups is 2. The van der Waals surface area contributed by atoms with Gasteiger partial charge in [-0.15, -0.1) is 0 Å². The van der Waals surface area contributed by atoms with Crippen LogP contribution >= 0.6 is 0 Å². The molecular formula is C29H58O4. The van der Waals surface area contributed by atoms with E-state index in [0.29, 0.717) is 12.3 Å². The third-order valence-corrected chi connectivity index (χ3v) is 7.28. The van der Waals surface area contributed by atoms with E-state index in [1.54, 1.807) is 0 Å². The lowest BCUT2D eigenvalue weighted by Crippen LogP contribution is -2.42. The predicted molar refractivity (Wildman–Crippen MR) is 140 cm³/mol. The van der Waals surface area contributed by atoms with Crippen molar-refractivity contribution in [2.75, 3.05) is 13.2 Å². The van der Waals surface area contributed by atoms with Crippen LogP contribution in [0.4, 0.5) is 0 Å². The summed E-state index contributed by atoms with van der Waals surface area (Å²) in [6.45, 7) is 5.45. The minimum atomic E-state index is -0.774. The summed E-state index contributed by atoms with van der Waals surface area (Å²) in [5.41, 5.74) is 0. The van der Waals surface area contributed by atoms with Crippen LogP contribution in [0, 0.1) is 5.92 Å². The zero-order chi connectivity index (χ0) is 24.0. The van der Waals surface area contributed by atoms with E-state index >= 15 is 0 Å². The average molecular weight is 471 g/mol. The minimum Gasteiger partial charge on any atom is -0.390 e. The molecule has 0 aromatic heterocycles. The van der Waals surface area contributed by atoms with Gasteiger partial charge in [0.1, 0.15) is 6.10 Å². The molecule has 1 saturated heterocycles. The van der Waals surface area contributed by atoms with Crippen molar-refractivity contribution in [2.45, 2.75) is 167 Å². The van der Waals surface area contributed by atoms with Crippen LogP contribution < -0.4 is 0 Å². The third kappa shape index (κ3) is 17.9. The molecule has 4 nitrogen and oxygen atoms in total. The molecule has 1 aliphatic heterocycles. The van der Waals surface area contributed by atoms with Crippen LogP contribution in [0.2, 0.25) is 0 Å². The second-order valence-electron chi connectivity index (χ2n) is 10.6. The molecule has 1 fully saturated rings. The maximum atomic E-state index is 9.89. The molecule has 0 bridgehead atoms. The molecule has 4 unspecified atom stereocenters. The molecule has 198 valence electrons. The highest BCUT2D eigenvalue weighted by molar-refractivity contribution is 4.74. The summed E-state index contributed by atoms with van der Waals surface area (Å²) in [4.78, 5) is 0. The van der Waals surface area contributed by atoms with E-state index in [9.17, 15) is 10.2 Å². The van der Waals surface area contributed by atoms with E-state index in [0.717, 1.165) is 6.61 Å². The summed E-state index contributed by atoms with van der Waals surface area (Å²) in [5.74, 6) is 0.590. The van der Waals surface area contributed by atoms with Crippen molar-refractivity contribution in [1.82, 2.24) is 0 Å². The van der Waals surface area contributed by atoms with Crippen LogP contribution in [0.15, 0.2) is 0 Å². The summed E-state index contributed by atoms with van der Waals surface area (Å²) in [5, 5.41) is 19.5. The fraction of sp³-hybridized carbons (Fsp3) is 1.00. The van der Waals surface area contributed by atoms with Crippen molar-refractivity contribution in [2.24, 2.45) is 5.92 Å². The number of hydrogen-bond donors (Lipinski definition) is 2. The van der Waals surface area contributed by atoms with Crippen molar-refractivity contribution >= 4 is 0 Å². The second-order valence-corrected chi connectivity index (χ2v) is 10.6. The molecule has 0 amide bonds. The van der Waals surface area contributed by atoms with Crippen molar-refractivity contribution in [3.63, 3.8) is 0 Å². The van der Waals surface area contributed by atoms with Crippen molar-refractivity contribution in [3.05, 3.63) is 0 Å². The van der Waals surface area contributed by atoms with E-state index in [1.807, 2.05) is 0 Å². The lowest BCUT2D eigenvalue weighted by atomic mass is 9.94. The lowest BCUT2D eigenvalue weighted by Gasteiger charge is -2.31. The van der Waals surface area contributed by atoms with Gasteiger partial charge in [-0.25, -0.2) is 0 Å². The Labute approximate surface area is 206 Å². The second kappa shape index (κ2) is 22.3. The Kier molecular flexibility index (Phi) is 20.9. The van der Waals surface area contributed by atoms with Crippen LogP contribution in [0.3, 0.4) is 0 Å². The lowest BCUT2D eigenvalue weighted by molar-refractivity contribution is -0.220. The monoisotopic (exact) mass is 470 g/mol. The van der Waals surface area contributed by atoms with Crippen LogP contribution in [0.25, 0.3) is 0 Å². The summed E-state index contributed by atoms with van der Waals surface area (Å²) in [6.07, 6.45) is 25.7. The van der Waals surface area contributed by atoms with Gasteiger partial charge in [-0.1, -0.05) is 129 Å². The van der Waals surface area contributed by atoms with E-state index in [2.05, 4.69) is 13.8 Å². The molecule has 0 saturated carbocycles. The number of aliphatic hydroxyl groups excluding tert-OH is 2. The Morgan fingerprint density at radius 3 is 1.48 bits per heavy atom. The van der Waals surface area contributed by atoms with Crippen LogP contribution in [0.1, 0.15) is 149 Å². The van der Waals surface area contributed by atoms with E-state index in [4.69, 9.17) is 9.47 Å². The first-order valence-corrected chi connectivity index (χ1v) is 14.8. The first-order valence-electron chi connectivity index (χ1n) is 14.8. The third-order valence-electron chi connectivity index (χ3n) is 7.28. The fourth-order valence-electron chi connectivity index (χ4n) is 4.90.